The first kappa shape index (κ1) is 24.0. The van der Waals surface area contributed by atoms with Crippen molar-refractivity contribution in [2.45, 2.75) is 52.4 Å². The third-order valence-corrected chi connectivity index (χ3v) is 5.52. The Morgan fingerprint density at radius 1 is 1.09 bits per heavy atom. The van der Waals surface area contributed by atoms with E-state index in [1.807, 2.05) is 42.5 Å². The van der Waals surface area contributed by atoms with Crippen LogP contribution in [-0.4, -0.2) is 39.4 Å². The van der Waals surface area contributed by atoms with Crippen LogP contribution >= 0.6 is 0 Å². The first-order valence-electron chi connectivity index (χ1n) is 11.2. The van der Waals surface area contributed by atoms with Crippen molar-refractivity contribution in [1.29, 1.82) is 0 Å². The largest absolute Gasteiger partial charge is 0.492 e. The highest BCUT2D eigenvalue weighted by molar-refractivity contribution is 6.02. The van der Waals surface area contributed by atoms with E-state index in [2.05, 4.69) is 17.1 Å². The van der Waals surface area contributed by atoms with Gasteiger partial charge in [-0.2, -0.15) is 0 Å². The number of oxime groups is 1. The van der Waals surface area contributed by atoms with Crippen LogP contribution in [0.4, 0.5) is 0 Å². The van der Waals surface area contributed by atoms with Gasteiger partial charge in [0, 0.05) is 24.1 Å². The van der Waals surface area contributed by atoms with E-state index in [-0.39, 0.29) is 18.6 Å². The van der Waals surface area contributed by atoms with Crippen molar-refractivity contribution >= 4 is 28.4 Å². The van der Waals surface area contributed by atoms with Gasteiger partial charge >= 0.3 is 5.97 Å². The van der Waals surface area contributed by atoms with Crippen LogP contribution < -0.4 is 4.74 Å². The Labute approximate surface area is 193 Å². The van der Waals surface area contributed by atoms with Gasteiger partial charge in [0.1, 0.15) is 5.75 Å². The summed E-state index contributed by atoms with van der Waals surface area (Å²) >= 11 is 0. The van der Waals surface area contributed by atoms with Crippen molar-refractivity contribution in [3.8, 4) is 5.75 Å². The van der Waals surface area contributed by atoms with Crippen molar-refractivity contribution in [1.82, 2.24) is 4.98 Å². The molecule has 7 heteroatoms. The van der Waals surface area contributed by atoms with E-state index >= 15 is 0 Å². The molecule has 0 radical (unpaired) electrons. The quantitative estimate of drug-likeness (QED) is 0.152. The number of H-pyrrole nitrogens is 1. The Kier molecular flexibility index (Phi) is 8.24. The molecule has 33 heavy (non-hydrogen) atoms. The van der Waals surface area contributed by atoms with E-state index in [1.165, 1.54) is 0 Å². The van der Waals surface area contributed by atoms with Gasteiger partial charge in [-0.15, -0.1) is 0 Å². The van der Waals surface area contributed by atoms with Gasteiger partial charge in [0.05, 0.1) is 24.3 Å². The summed E-state index contributed by atoms with van der Waals surface area (Å²) in [7, 11) is 0. The van der Waals surface area contributed by atoms with Crippen molar-refractivity contribution in [2.24, 2.45) is 5.16 Å². The summed E-state index contributed by atoms with van der Waals surface area (Å²) in [6.07, 6.45) is 2.96. The number of hydrogen-bond donors (Lipinski definition) is 3. The zero-order valence-electron chi connectivity index (χ0n) is 19.1. The van der Waals surface area contributed by atoms with E-state index in [0.717, 1.165) is 40.6 Å². The average molecular weight is 451 g/mol. The van der Waals surface area contributed by atoms with Gasteiger partial charge in [-0.25, -0.2) is 0 Å². The number of carboxylic acid groups (broad SMARTS) is 1. The number of Topliss-reactive ketones (excluding diaryl/α,β-unsaturated/α-hetero) is 1. The van der Waals surface area contributed by atoms with Gasteiger partial charge in [-0.1, -0.05) is 36.7 Å². The van der Waals surface area contributed by atoms with Gasteiger partial charge in [0.15, 0.2) is 5.78 Å². The second kappa shape index (κ2) is 11.3. The predicted octanol–water partition coefficient (Wildman–Crippen LogP) is 5.18. The Bertz CT molecular complexity index is 1160. The summed E-state index contributed by atoms with van der Waals surface area (Å²) in [4.78, 5) is 27.3. The first-order valence-corrected chi connectivity index (χ1v) is 11.2. The molecule has 0 amide bonds. The Morgan fingerprint density at radius 2 is 1.91 bits per heavy atom. The average Bonchev–Trinajstić information content (AvgIpc) is 3.19. The van der Waals surface area contributed by atoms with Crippen LogP contribution in [0.1, 0.15) is 60.3 Å². The molecule has 0 saturated carbocycles. The zero-order chi connectivity index (χ0) is 23.8. The van der Waals surface area contributed by atoms with Crippen molar-refractivity contribution < 1.29 is 24.6 Å². The molecule has 0 atom stereocenters. The molecule has 3 N–H and O–H groups in total. The predicted molar refractivity (Wildman–Crippen MR) is 128 cm³/mol. The highest BCUT2D eigenvalue weighted by Crippen LogP contribution is 2.26. The van der Waals surface area contributed by atoms with E-state index in [1.54, 1.807) is 6.92 Å². The van der Waals surface area contributed by atoms with Gasteiger partial charge < -0.3 is 20.0 Å². The van der Waals surface area contributed by atoms with Crippen molar-refractivity contribution in [3.63, 3.8) is 0 Å². The number of ketones is 1. The summed E-state index contributed by atoms with van der Waals surface area (Å²) in [6.45, 7) is 4.15. The van der Waals surface area contributed by atoms with E-state index in [4.69, 9.17) is 15.1 Å². The van der Waals surface area contributed by atoms with Crippen LogP contribution in [0.3, 0.4) is 0 Å². The summed E-state index contributed by atoms with van der Waals surface area (Å²) in [5.41, 5.74) is 4.78. The van der Waals surface area contributed by atoms with Crippen LogP contribution in [0, 0.1) is 0 Å². The lowest BCUT2D eigenvalue weighted by atomic mass is 9.96. The maximum Gasteiger partial charge on any atom is 0.307 e. The molecular weight excluding hydrogens is 420 g/mol. The summed E-state index contributed by atoms with van der Waals surface area (Å²) in [6, 6.07) is 13.3. The molecular formula is C26H30N2O5. The first-order chi connectivity index (χ1) is 15.9. The third kappa shape index (κ3) is 6.44. The lowest BCUT2D eigenvalue weighted by Gasteiger charge is -2.15. The van der Waals surface area contributed by atoms with Crippen LogP contribution in [-0.2, 0) is 24.1 Å². The highest BCUT2D eigenvalue weighted by atomic mass is 16.5. The number of fused-ring (bicyclic) bond motifs is 1. The van der Waals surface area contributed by atoms with Gasteiger partial charge in [0.25, 0.3) is 0 Å². The Morgan fingerprint density at radius 3 is 2.64 bits per heavy atom. The number of aromatic amines is 1. The topological polar surface area (TPSA) is 112 Å². The Hall–Kier alpha value is -3.61. The molecule has 1 heterocycles. The van der Waals surface area contributed by atoms with E-state index < -0.39 is 5.97 Å². The molecule has 1 aromatic heterocycles. The van der Waals surface area contributed by atoms with Crippen LogP contribution in [0.15, 0.2) is 47.6 Å². The van der Waals surface area contributed by atoms with E-state index in [0.29, 0.717) is 36.5 Å². The third-order valence-electron chi connectivity index (χ3n) is 5.52. The second-order valence-electron chi connectivity index (χ2n) is 8.18. The van der Waals surface area contributed by atoms with Gasteiger partial charge in [-0.05, 0) is 60.5 Å². The second-order valence-corrected chi connectivity index (χ2v) is 8.18. The monoisotopic (exact) mass is 450 g/mol. The molecule has 0 fully saturated rings. The van der Waals surface area contributed by atoms with Crippen LogP contribution in [0.25, 0.3) is 10.9 Å². The molecule has 0 unspecified atom stereocenters. The number of aryl methyl sites for hydroxylation is 1. The van der Waals surface area contributed by atoms with Crippen LogP contribution in [0.2, 0.25) is 0 Å². The molecule has 2 aromatic carbocycles. The lowest BCUT2D eigenvalue weighted by molar-refractivity contribution is -0.136. The standard InChI is InChI=1S/C26H30N2O5/c1-3-5-19-6-4-7-24(26(19)23(29)11-8-17(2)28-32)33-13-12-21-16-20-14-18(15-25(30)31)9-10-22(20)27-21/h4,6-7,9-10,14,16,27,32H,3,5,8,11-13,15H2,1-2H3,(H,30,31). The number of carbonyl (C=O) groups is 2. The maximum absolute atomic E-state index is 13.0. The SMILES string of the molecule is CCCc1cccc(OCCc2cc3cc(CC(=O)O)ccc3[nH]2)c1C(=O)CCC(C)=NO. The van der Waals surface area contributed by atoms with E-state index in [9.17, 15) is 9.59 Å². The number of nitrogens with one attached hydrogen (secondary N) is 1. The normalized spacial score (nSPS) is 11.6. The number of hydrogen-bond acceptors (Lipinski definition) is 5. The molecule has 3 aromatic rings. The van der Waals surface area contributed by atoms with Gasteiger partial charge in [-0.3, -0.25) is 9.59 Å². The zero-order valence-corrected chi connectivity index (χ0v) is 19.1. The number of ether oxygens (including phenoxy) is 1. The number of aromatic nitrogens is 1. The molecule has 0 aliphatic rings. The summed E-state index contributed by atoms with van der Waals surface area (Å²) in [5, 5.41) is 22.0. The fourth-order valence-electron chi connectivity index (χ4n) is 3.89. The summed E-state index contributed by atoms with van der Waals surface area (Å²) in [5.74, 6) is -0.300. The highest BCUT2D eigenvalue weighted by Gasteiger charge is 2.17. The molecule has 3 rings (SSSR count). The smallest absolute Gasteiger partial charge is 0.307 e. The molecule has 0 saturated heterocycles. The minimum absolute atomic E-state index is 0.00580. The van der Waals surface area contributed by atoms with Crippen molar-refractivity contribution in [2.75, 3.05) is 6.61 Å². The fraction of sp³-hybridized carbons (Fsp3) is 0.346. The number of carboxylic acids is 1. The minimum Gasteiger partial charge on any atom is -0.492 e. The number of aliphatic carboxylic acids is 1. The van der Waals surface area contributed by atoms with Gasteiger partial charge in [0.2, 0.25) is 0 Å². The molecule has 0 spiro atoms. The minimum atomic E-state index is -0.854. The molecule has 0 bridgehead atoms. The Balaban J connectivity index is 1.72. The maximum atomic E-state index is 13.0. The number of nitrogens with zero attached hydrogens (tertiary/aromatic N) is 1. The fourth-order valence-corrected chi connectivity index (χ4v) is 3.89. The molecule has 0 aliphatic carbocycles. The molecule has 0 aliphatic heterocycles. The molecule has 7 nitrogen and oxygen atoms in total. The molecule has 174 valence electrons. The van der Waals surface area contributed by atoms with Crippen LogP contribution in [0.5, 0.6) is 5.75 Å². The number of rotatable bonds is 12. The number of carbonyl (C=O) groups excluding carboxylic acids is 1. The number of benzene rings is 2. The summed E-state index contributed by atoms with van der Waals surface area (Å²) < 4.78 is 6.06. The lowest BCUT2D eigenvalue weighted by Crippen LogP contribution is -2.11. The van der Waals surface area contributed by atoms with Crippen molar-refractivity contribution in [3.05, 3.63) is 64.8 Å².